The lowest BCUT2D eigenvalue weighted by atomic mass is 10.1. The molecule has 2 aromatic carbocycles. The number of halogens is 1. The van der Waals surface area contributed by atoms with E-state index in [0.717, 1.165) is 16.8 Å². The maximum atomic E-state index is 5.98. The van der Waals surface area contributed by atoms with E-state index < -0.39 is 0 Å². The minimum atomic E-state index is 0.506. The second-order valence-electron chi connectivity index (χ2n) is 4.22. The van der Waals surface area contributed by atoms with Gasteiger partial charge in [0.1, 0.15) is 0 Å². The van der Waals surface area contributed by atoms with Gasteiger partial charge < -0.3 is 5.73 Å². The molecule has 0 unspecified atom stereocenters. The van der Waals surface area contributed by atoms with Crippen molar-refractivity contribution in [3.63, 3.8) is 0 Å². The van der Waals surface area contributed by atoms with Gasteiger partial charge in [-0.05, 0) is 29.8 Å². The number of nitrogens with two attached hydrogens (primary N) is 1. The van der Waals surface area contributed by atoms with E-state index in [1.807, 2.05) is 60.8 Å². The molecule has 2 N–H and O–H groups in total. The summed E-state index contributed by atoms with van der Waals surface area (Å²) in [5, 5.41) is 5.05. The highest BCUT2D eigenvalue weighted by Crippen LogP contribution is 2.27. The predicted octanol–water partition coefficient (Wildman–Crippen LogP) is 3.77. The van der Waals surface area contributed by atoms with E-state index in [-0.39, 0.29) is 0 Å². The molecule has 0 aliphatic heterocycles. The van der Waals surface area contributed by atoms with Crippen molar-refractivity contribution in [2.24, 2.45) is 0 Å². The Labute approximate surface area is 116 Å². The average Bonchev–Trinajstić information content (AvgIpc) is 2.83. The van der Waals surface area contributed by atoms with Gasteiger partial charge in [0.2, 0.25) is 0 Å². The Hall–Kier alpha value is -2.26. The number of aromatic nitrogens is 2. The Balaban J connectivity index is 2.05. The van der Waals surface area contributed by atoms with Crippen LogP contribution >= 0.6 is 11.6 Å². The van der Waals surface area contributed by atoms with Crippen molar-refractivity contribution in [3.05, 3.63) is 65.8 Å². The van der Waals surface area contributed by atoms with Crippen LogP contribution in [-0.2, 0) is 0 Å². The molecule has 0 amide bonds. The Morgan fingerprint density at radius 1 is 0.947 bits per heavy atom. The van der Waals surface area contributed by atoms with Crippen molar-refractivity contribution in [1.29, 1.82) is 0 Å². The van der Waals surface area contributed by atoms with Gasteiger partial charge >= 0.3 is 0 Å². The van der Waals surface area contributed by atoms with Crippen molar-refractivity contribution < 1.29 is 0 Å². The number of nitrogen functional groups attached to an aromatic ring is 1. The van der Waals surface area contributed by atoms with Gasteiger partial charge in [0.05, 0.1) is 5.69 Å². The third-order valence-electron chi connectivity index (χ3n) is 2.92. The van der Waals surface area contributed by atoms with E-state index in [1.54, 1.807) is 4.68 Å². The molecule has 3 rings (SSSR count). The highest BCUT2D eigenvalue weighted by Gasteiger charge is 2.09. The number of hydrogen-bond donors (Lipinski definition) is 1. The number of rotatable bonds is 2. The second-order valence-corrected chi connectivity index (χ2v) is 4.65. The van der Waals surface area contributed by atoms with E-state index >= 15 is 0 Å². The third-order valence-corrected chi connectivity index (χ3v) is 3.17. The van der Waals surface area contributed by atoms with E-state index in [2.05, 4.69) is 5.10 Å². The van der Waals surface area contributed by atoms with Crippen LogP contribution in [0.2, 0.25) is 5.02 Å². The van der Waals surface area contributed by atoms with Gasteiger partial charge in [-0.25, -0.2) is 4.68 Å². The summed E-state index contributed by atoms with van der Waals surface area (Å²) in [4.78, 5) is 0. The van der Waals surface area contributed by atoms with Gasteiger partial charge in [0.15, 0.2) is 5.82 Å². The van der Waals surface area contributed by atoms with Crippen LogP contribution < -0.4 is 5.73 Å². The summed E-state index contributed by atoms with van der Waals surface area (Å²) in [6, 6.07) is 17.4. The van der Waals surface area contributed by atoms with Gasteiger partial charge in [-0.1, -0.05) is 41.9 Å². The van der Waals surface area contributed by atoms with E-state index in [9.17, 15) is 0 Å². The molecule has 0 aliphatic carbocycles. The molecule has 19 heavy (non-hydrogen) atoms. The van der Waals surface area contributed by atoms with Crippen molar-refractivity contribution >= 4 is 17.4 Å². The lowest BCUT2D eigenvalue weighted by molar-refractivity contribution is 0.886. The van der Waals surface area contributed by atoms with Crippen LogP contribution in [0.4, 0.5) is 5.82 Å². The molecule has 0 saturated carbocycles. The molecule has 0 bridgehead atoms. The molecular formula is C15H12ClN3. The Kier molecular flexibility index (Phi) is 2.97. The first-order valence-electron chi connectivity index (χ1n) is 5.90. The van der Waals surface area contributed by atoms with Crippen LogP contribution in [0.25, 0.3) is 16.8 Å². The third kappa shape index (κ3) is 2.33. The van der Waals surface area contributed by atoms with Crippen LogP contribution in [0.5, 0.6) is 0 Å². The second kappa shape index (κ2) is 4.78. The summed E-state index contributed by atoms with van der Waals surface area (Å²) in [6.07, 6.45) is 1.92. The van der Waals surface area contributed by atoms with Crippen LogP contribution in [-0.4, -0.2) is 9.78 Å². The van der Waals surface area contributed by atoms with Crippen LogP contribution in [0, 0.1) is 0 Å². The molecule has 3 aromatic rings. The van der Waals surface area contributed by atoms with Gasteiger partial charge in [0, 0.05) is 16.8 Å². The summed E-state index contributed by atoms with van der Waals surface area (Å²) in [7, 11) is 0. The van der Waals surface area contributed by atoms with Crippen molar-refractivity contribution in [3.8, 4) is 16.8 Å². The molecule has 0 atom stereocenters. The van der Waals surface area contributed by atoms with Gasteiger partial charge in [-0.2, -0.15) is 5.10 Å². The quantitative estimate of drug-likeness (QED) is 0.769. The molecule has 0 spiro atoms. The summed E-state index contributed by atoms with van der Waals surface area (Å²) < 4.78 is 1.78. The largest absolute Gasteiger partial charge is 0.382 e. The Bertz CT molecular complexity index is 687. The zero-order valence-corrected chi connectivity index (χ0v) is 10.9. The fourth-order valence-electron chi connectivity index (χ4n) is 1.95. The van der Waals surface area contributed by atoms with E-state index in [4.69, 9.17) is 17.3 Å². The minimum absolute atomic E-state index is 0.506. The fourth-order valence-corrected chi connectivity index (χ4v) is 2.08. The number of anilines is 1. The summed E-state index contributed by atoms with van der Waals surface area (Å²) in [5.41, 5.74) is 8.87. The average molecular weight is 270 g/mol. The first-order valence-corrected chi connectivity index (χ1v) is 6.28. The molecule has 1 heterocycles. The highest BCUT2D eigenvalue weighted by molar-refractivity contribution is 6.30. The smallest absolute Gasteiger partial charge is 0.153 e. The highest BCUT2D eigenvalue weighted by atomic mass is 35.5. The van der Waals surface area contributed by atoms with E-state index in [1.165, 1.54) is 0 Å². The monoisotopic (exact) mass is 269 g/mol. The SMILES string of the molecule is Nc1nn(-c2ccccc2)cc1-c1ccc(Cl)cc1. The number of benzene rings is 2. The molecule has 0 radical (unpaired) electrons. The molecule has 0 aliphatic rings. The first-order chi connectivity index (χ1) is 9.24. The van der Waals surface area contributed by atoms with Crippen molar-refractivity contribution in [2.45, 2.75) is 0 Å². The molecule has 0 saturated heterocycles. The van der Waals surface area contributed by atoms with Gasteiger partial charge in [-0.3, -0.25) is 0 Å². The van der Waals surface area contributed by atoms with Crippen molar-refractivity contribution in [1.82, 2.24) is 9.78 Å². The zero-order chi connectivity index (χ0) is 13.2. The standard InChI is InChI=1S/C15H12ClN3/c16-12-8-6-11(7-9-12)14-10-19(18-15(14)17)13-4-2-1-3-5-13/h1-10H,(H2,17,18). The molecule has 4 heteroatoms. The Morgan fingerprint density at radius 2 is 1.63 bits per heavy atom. The zero-order valence-electron chi connectivity index (χ0n) is 10.1. The van der Waals surface area contributed by atoms with Crippen LogP contribution in [0.3, 0.4) is 0 Å². The predicted molar refractivity (Wildman–Crippen MR) is 78.4 cm³/mol. The number of nitrogens with zero attached hydrogens (tertiary/aromatic N) is 2. The summed E-state index contributed by atoms with van der Waals surface area (Å²) >= 11 is 5.89. The van der Waals surface area contributed by atoms with Gasteiger partial charge in [-0.15, -0.1) is 0 Å². The van der Waals surface area contributed by atoms with Crippen LogP contribution in [0.1, 0.15) is 0 Å². The molecule has 94 valence electrons. The summed E-state index contributed by atoms with van der Waals surface area (Å²) in [6.45, 7) is 0. The van der Waals surface area contributed by atoms with Crippen LogP contribution in [0.15, 0.2) is 60.8 Å². The molecular weight excluding hydrogens is 258 g/mol. The van der Waals surface area contributed by atoms with Gasteiger partial charge in [0.25, 0.3) is 0 Å². The number of para-hydroxylation sites is 1. The normalized spacial score (nSPS) is 10.6. The summed E-state index contributed by atoms with van der Waals surface area (Å²) in [5.74, 6) is 0.506. The van der Waals surface area contributed by atoms with Crippen molar-refractivity contribution in [2.75, 3.05) is 5.73 Å². The molecule has 0 fully saturated rings. The number of hydrogen-bond acceptors (Lipinski definition) is 2. The Morgan fingerprint density at radius 3 is 2.32 bits per heavy atom. The topological polar surface area (TPSA) is 43.8 Å². The maximum absolute atomic E-state index is 5.98. The molecule has 1 aromatic heterocycles. The fraction of sp³-hybridized carbons (Fsp3) is 0. The van der Waals surface area contributed by atoms with E-state index in [0.29, 0.717) is 10.8 Å². The maximum Gasteiger partial charge on any atom is 0.153 e. The lowest BCUT2D eigenvalue weighted by Gasteiger charge is -1.99. The molecule has 3 nitrogen and oxygen atoms in total. The minimum Gasteiger partial charge on any atom is -0.382 e. The lowest BCUT2D eigenvalue weighted by Crippen LogP contribution is -1.95. The first kappa shape index (κ1) is 11.8.